The molecule has 0 aliphatic carbocycles. The van der Waals surface area contributed by atoms with Gasteiger partial charge in [-0.3, -0.25) is 0 Å². The van der Waals surface area contributed by atoms with Gasteiger partial charge in [0.15, 0.2) is 0 Å². The third-order valence-electron chi connectivity index (χ3n) is 15.2. The molecule has 4 radical (unpaired) electrons. The fraction of sp³-hybridized carbons (Fsp3) is 0.562. The van der Waals surface area contributed by atoms with E-state index in [1.54, 1.807) is 0 Å². The molecule has 6 nitrogen and oxygen atoms in total. The number of nitrogens with zero attached hydrogens (tertiary/aromatic N) is 6. The second-order valence-electron chi connectivity index (χ2n) is 26.3. The minimum absolute atomic E-state index is 0.0453. The minimum atomic E-state index is -1.75. The molecule has 6 rings (SSSR count). The molecule has 0 atom stereocenters. The second kappa shape index (κ2) is 30.3. The topological polar surface area (TPSA) is 19.4 Å². The van der Waals surface area contributed by atoms with E-state index in [9.17, 15) is 0 Å². The van der Waals surface area contributed by atoms with Crippen LogP contribution in [-0.2, 0) is 0 Å². The van der Waals surface area contributed by atoms with Crippen LogP contribution in [0.4, 0.5) is 22.7 Å². The Morgan fingerprint density at radius 1 is 0.359 bits per heavy atom. The van der Waals surface area contributed by atoms with E-state index < -0.39 is 45.9 Å². The zero-order valence-corrected chi connectivity index (χ0v) is 61.0. The van der Waals surface area contributed by atoms with E-state index in [4.69, 9.17) is 20.0 Å². The number of unbranched alkanes of at least 4 members (excludes halogenated alkanes) is 3. The standard InChI is InChI=1S/2C29H45BClGeN3Si.C6H14/c2*1-20(2)24-14-12-15-25(21(3)4)28(24)33-18-19-34(30(33)35(32-31)36(9,10)11)29-26(22(5)6)16-13-17-27(29)23(7)8;1-3-5-6-4-2/h2*12-23H,1-11H3;3-6H2,1-2H3. The van der Waals surface area contributed by atoms with Crippen LogP contribution in [-0.4, -0.2) is 67.0 Å². The van der Waals surface area contributed by atoms with Crippen LogP contribution in [0.15, 0.2) is 97.6 Å². The van der Waals surface area contributed by atoms with Crippen molar-refractivity contribution >= 4 is 103 Å². The Hall–Kier alpha value is -2.29. The molecule has 4 aromatic carbocycles. The van der Waals surface area contributed by atoms with Gasteiger partial charge in [0.05, 0.1) is 0 Å². The SMILES string of the molecule is CC(C)c1cccc(C(C)C)c1N1C=CN(c2c(C(C)C)cccc2C(C)C)B1[N]([Ge][Cl])[Si](C)(C)C.CC(C)c1cccc(C(C)C)c1N1C=CN(c2c(C(C)C)cccc2C(C)C)B1[N]([Ge][Cl])[Si](C)(C)C.CCCCCC. The smallest absolute Gasteiger partial charge is 0.0536 e. The molecule has 0 bridgehead atoms. The fourth-order valence-corrected chi connectivity index (χ4v) is 26.7. The summed E-state index contributed by atoms with van der Waals surface area (Å²) >= 11 is -1.63. The van der Waals surface area contributed by atoms with Gasteiger partial charge in [-0.1, -0.05) is 39.5 Å². The van der Waals surface area contributed by atoms with Gasteiger partial charge in [0, 0.05) is 0 Å². The summed E-state index contributed by atoms with van der Waals surface area (Å²) in [7, 11) is 10.5. The van der Waals surface area contributed by atoms with E-state index in [0.717, 1.165) is 0 Å². The maximum Gasteiger partial charge on any atom is -0.0536 e. The van der Waals surface area contributed by atoms with Crippen LogP contribution in [0.25, 0.3) is 0 Å². The number of anilines is 4. The third kappa shape index (κ3) is 16.3. The monoisotopic (exact) mass is 1250 g/mol. The maximum absolute atomic E-state index is 6.95. The van der Waals surface area contributed by atoms with E-state index in [-0.39, 0.29) is 14.2 Å². The first-order valence-electron chi connectivity index (χ1n) is 29.9. The van der Waals surface area contributed by atoms with Crippen molar-refractivity contribution in [2.45, 2.75) is 237 Å². The quantitative estimate of drug-likeness (QED) is 0.0607. The van der Waals surface area contributed by atoms with Gasteiger partial charge in [-0.2, -0.15) is 0 Å². The van der Waals surface area contributed by atoms with E-state index >= 15 is 0 Å². The normalized spacial score (nSPS) is 14.2. The Labute approximate surface area is 504 Å². The van der Waals surface area contributed by atoms with Gasteiger partial charge in [0.25, 0.3) is 0 Å². The van der Waals surface area contributed by atoms with Crippen LogP contribution in [0, 0.1) is 0 Å². The largest absolute Gasteiger partial charge is 0.0654 e. The fourth-order valence-electron chi connectivity index (χ4n) is 10.9. The van der Waals surface area contributed by atoms with E-state index in [0.29, 0.717) is 47.3 Å². The van der Waals surface area contributed by atoms with Crippen LogP contribution >= 0.6 is 20.0 Å². The van der Waals surface area contributed by atoms with Crippen LogP contribution in [0.2, 0.25) is 39.3 Å². The van der Waals surface area contributed by atoms with Crippen LogP contribution < -0.4 is 19.2 Å². The van der Waals surface area contributed by atoms with Crippen molar-refractivity contribution in [1.29, 1.82) is 0 Å². The molecule has 0 unspecified atom stereocenters. The molecule has 4 aromatic rings. The zero-order valence-electron chi connectivity index (χ0n) is 53.3. The van der Waals surface area contributed by atoms with Gasteiger partial charge in [0.1, 0.15) is 0 Å². The number of hydrogen-bond donors (Lipinski definition) is 0. The molecule has 0 fully saturated rings. The first kappa shape index (κ1) is 68.2. The summed E-state index contributed by atoms with van der Waals surface area (Å²) in [5.41, 5.74) is 16.7. The molecule has 0 saturated heterocycles. The van der Waals surface area contributed by atoms with Crippen molar-refractivity contribution < 1.29 is 0 Å². The second-order valence-corrected chi connectivity index (χ2v) is 42.3. The minimum Gasteiger partial charge on any atom is -0.0654 e. The van der Waals surface area contributed by atoms with Crippen molar-refractivity contribution in [3.05, 3.63) is 142 Å². The molecule has 0 amide bonds. The van der Waals surface area contributed by atoms with Gasteiger partial charge >= 0.3 is 469 Å². The Morgan fingerprint density at radius 3 is 0.641 bits per heavy atom. The van der Waals surface area contributed by atoms with Crippen LogP contribution in [0.5, 0.6) is 0 Å². The number of halogens is 2. The van der Waals surface area contributed by atoms with Gasteiger partial charge in [-0.05, 0) is 0 Å². The number of rotatable bonds is 21. The molecule has 426 valence electrons. The summed E-state index contributed by atoms with van der Waals surface area (Å²) in [6.45, 7) is 56.1. The van der Waals surface area contributed by atoms with Crippen molar-refractivity contribution in [1.82, 2.24) is 6.87 Å². The number of hydrogen-bond acceptors (Lipinski definition) is 6. The van der Waals surface area contributed by atoms with E-state index in [1.165, 1.54) is 92.9 Å². The zero-order chi connectivity index (χ0) is 58.7. The average molecular weight is 1250 g/mol. The number of para-hydroxylation sites is 4. The molecule has 14 heteroatoms. The summed E-state index contributed by atoms with van der Waals surface area (Å²) < 4.78 is 5.36. The summed E-state index contributed by atoms with van der Waals surface area (Å²) in [4.78, 5) is 10.2. The Bertz CT molecular complexity index is 2150. The Morgan fingerprint density at radius 2 is 0.526 bits per heavy atom. The van der Waals surface area contributed by atoms with Crippen molar-refractivity contribution in [2.24, 2.45) is 0 Å². The Kier molecular flexibility index (Phi) is 26.5. The molecule has 0 aromatic heterocycles. The molecular weight excluding hydrogens is 1150 g/mol. The average Bonchev–Trinajstić information content (AvgIpc) is 3.99. The first-order chi connectivity index (χ1) is 36.5. The van der Waals surface area contributed by atoms with Gasteiger partial charge in [-0.15, -0.1) is 0 Å². The van der Waals surface area contributed by atoms with Gasteiger partial charge in [-0.25, -0.2) is 0 Å². The molecule has 0 saturated carbocycles. The first-order valence-corrected chi connectivity index (χ1v) is 44.1. The molecular formula is C64H104B2Cl2Ge2N6Si2. The van der Waals surface area contributed by atoms with Gasteiger partial charge in [0.2, 0.25) is 0 Å². The van der Waals surface area contributed by atoms with Crippen molar-refractivity contribution in [3.8, 4) is 0 Å². The molecule has 2 aliphatic rings. The molecule has 2 aliphatic heterocycles. The van der Waals surface area contributed by atoms with Crippen molar-refractivity contribution in [2.75, 3.05) is 19.2 Å². The number of benzene rings is 4. The van der Waals surface area contributed by atoms with Crippen molar-refractivity contribution in [3.63, 3.8) is 0 Å². The predicted octanol–water partition coefficient (Wildman–Crippen LogP) is 20.3. The van der Waals surface area contributed by atoms with Crippen LogP contribution in [0.1, 0.15) is 242 Å². The summed E-state index contributed by atoms with van der Waals surface area (Å²) in [5.74, 6) is 3.47. The summed E-state index contributed by atoms with van der Waals surface area (Å²) in [6.07, 6.45) is 14.8. The maximum atomic E-state index is 6.95. The summed E-state index contributed by atoms with van der Waals surface area (Å²) in [5, 5.41) is 0. The molecule has 0 N–H and O–H groups in total. The van der Waals surface area contributed by atoms with E-state index in [1.807, 2.05) is 0 Å². The summed E-state index contributed by atoms with van der Waals surface area (Å²) in [6, 6.07) is 27.5. The molecule has 78 heavy (non-hydrogen) atoms. The van der Waals surface area contributed by atoms with Gasteiger partial charge < -0.3 is 0 Å². The predicted molar refractivity (Wildman–Crippen MR) is 362 cm³/mol. The third-order valence-corrected chi connectivity index (χ3v) is 33.3. The van der Waals surface area contributed by atoms with Crippen LogP contribution in [0.3, 0.4) is 0 Å². The molecule has 2 heterocycles. The molecule has 0 spiro atoms. The van der Waals surface area contributed by atoms with E-state index in [2.05, 4.69) is 288 Å². The Balaban J connectivity index is 0.000000304.